The minimum Gasteiger partial charge on any atom is -0.298 e. The van der Waals surface area contributed by atoms with Crippen LogP contribution in [0.3, 0.4) is 0 Å². The molecule has 0 aliphatic rings. The van der Waals surface area contributed by atoms with E-state index in [1.54, 1.807) is 0 Å². The van der Waals surface area contributed by atoms with Crippen LogP contribution in [0.15, 0.2) is 78.9 Å². The topological polar surface area (TPSA) is 42.0 Å². The average Bonchev–Trinajstić information content (AvgIpc) is 3.12. The number of aryl methyl sites for hydroxylation is 2. The first-order chi connectivity index (χ1) is 13.6. The van der Waals surface area contributed by atoms with E-state index in [9.17, 15) is 4.79 Å². The summed E-state index contributed by atoms with van der Waals surface area (Å²) < 4.78 is 0. The van der Waals surface area contributed by atoms with E-state index in [1.165, 1.54) is 11.3 Å². The molecule has 28 heavy (non-hydrogen) atoms. The number of anilines is 1. The quantitative estimate of drug-likeness (QED) is 0.446. The van der Waals surface area contributed by atoms with Crippen molar-refractivity contribution >= 4 is 22.4 Å². The highest BCUT2D eigenvalue weighted by atomic mass is 32.1. The van der Waals surface area contributed by atoms with Crippen molar-refractivity contribution in [3.05, 3.63) is 95.6 Å². The number of thiazole rings is 1. The molecule has 1 N–H and O–H groups in total. The summed E-state index contributed by atoms with van der Waals surface area (Å²) in [5.74, 6) is -0.139. The molecule has 0 aliphatic carbocycles. The predicted octanol–water partition coefficient (Wildman–Crippen LogP) is 6.35. The largest absolute Gasteiger partial charge is 0.298 e. The number of hydrogen-bond acceptors (Lipinski definition) is 3. The highest BCUT2D eigenvalue weighted by molar-refractivity contribution is 7.19. The highest BCUT2D eigenvalue weighted by Crippen LogP contribution is 2.39. The Balaban J connectivity index is 1.72. The number of hydrogen-bond donors (Lipinski definition) is 1. The van der Waals surface area contributed by atoms with Crippen LogP contribution in [0.2, 0.25) is 0 Å². The molecule has 0 bridgehead atoms. The molecular formula is C24H20N2OS. The summed E-state index contributed by atoms with van der Waals surface area (Å²) in [4.78, 5) is 18.6. The van der Waals surface area contributed by atoms with Gasteiger partial charge in [0.1, 0.15) is 0 Å². The Hall–Kier alpha value is -3.24. The van der Waals surface area contributed by atoms with E-state index >= 15 is 0 Å². The Bertz CT molecular complexity index is 1040. The molecule has 4 aromatic rings. The van der Waals surface area contributed by atoms with Gasteiger partial charge in [-0.1, -0.05) is 89.2 Å². The van der Waals surface area contributed by atoms with Crippen molar-refractivity contribution in [2.75, 3.05) is 5.32 Å². The molecule has 1 amide bonds. The van der Waals surface area contributed by atoms with Crippen LogP contribution in [0.25, 0.3) is 21.7 Å². The van der Waals surface area contributed by atoms with Crippen molar-refractivity contribution in [2.45, 2.75) is 13.8 Å². The number of nitrogens with one attached hydrogen (secondary N) is 1. The van der Waals surface area contributed by atoms with E-state index in [1.807, 2.05) is 74.5 Å². The Morgan fingerprint density at radius 1 is 0.821 bits per heavy atom. The fourth-order valence-electron chi connectivity index (χ4n) is 3.23. The summed E-state index contributed by atoms with van der Waals surface area (Å²) in [5.41, 5.74) is 5.79. The Morgan fingerprint density at radius 3 is 2.00 bits per heavy atom. The molecule has 0 unspecified atom stereocenters. The molecule has 138 valence electrons. The smallest absolute Gasteiger partial charge is 0.257 e. The molecule has 0 spiro atoms. The SMILES string of the molecule is Cc1cc(C)cc(C(=O)Nc2nc(-c3ccccc3)c(-c3ccccc3)s2)c1. The van der Waals surface area contributed by atoms with Crippen LogP contribution in [0, 0.1) is 13.8 Å². The van der Waals surface area contributed by atoms with Crippen molar-refractivity contribution in [1.82, 2.24) is 4.98 Å². The number of amides is 1. The van der Waals surface area contributed by atoms with E-state index in [0.717, 1.165) is 32.8 Å². The third-order valence-corrected chi connectivity index (χ3v) is 5.43. The van der Waals surface area contributed by atoms with Crippen molar-refractivity contribution < 1.29 is 4.79 Å². The number of benzene rings is 3. The van der Waals surface area contributed by atoms with E-state index in [4.69, 9.17) is 4.98 Å². The third kappa shape index (κ3) is 3.87. The van der Waals surface area contributed by atoms with Crippen LogP contribution in [0.5, 0.6) is 0 Å². The van der Waals surface area contributed by atoms with E-state index in [2.05, 4.69) is 23.5 Å². The fraction of sp³-hybridized carbons (Fsp3) is 0.0833. The zero-order chi connectivity index (χ0) is 19.5. The molecule has 3 aromatic carbocycles. The zero-order valence-corrected chi connectivity index (χ0v) is 16.6. The first kappa shape index (κ1) is 18.1. The van der Waals surface area contributed by atoms with Gasteiger partial charge in [0.15, 0.2) is 5.13 Å². The summed E-state index contributed by atoms with van der Waals surface area (Å²) in [5, 5.41) is 3.58. The van der Waals surface area contributed by atoms with Gasteiger partial charge >= 0.3 is 0 Å². The predicted molar refractivity (Wildman–Crippen MR) is 117 cm³/mol. The normalized spacial score (nSPS) is 10.6. The van der Waals surface area contributed by atoms with Crippen molar-refractivity contribution in [3.63, 3.8) is 0 Å². The van der Waals surface area contributed by atoms with E-state index in [0.29, 0.717) is 10.7 Å². The maximum atomic E-state index is 12.8. The summed E-state index contributed by atoms with van der Waals surface area (Å²) in [6.45, 7) is 3.99. The summed E-state index contributed by atoms with van der Waals surface area (Å²) in [7, 11) is 0. The summed E-state index contributed by atoms with van der Waals surface area (Å²) >= 11 is 1.50. The third-order valence-electron chi connectivity index (χ3n) is 4.41. The molecule has 0 atom stereocenters. The molecule has 1 aromatic heterocycles. The molecule has 3 nitrogen and oxygen atoms in total. The van der Waals surface area contributed by atoms with Gasteiger partial charge in [0.2, 0.25) is 0 Å². The lowest BCUT2D eigenvalue weighted by atomic mass is 10.1. The maximum absolute atomic E-state index is 12.8. The average molecular weight is 385 g/mol. The van der Waals surface area contributed by atoms with Gasteiger partial charge < -0.3 is 0 Å². The number of aromatic nitrogens is 1. The van der Waals surface area contributed by atoms with Crippen LogP contribution in [-0.2, 0) is 0 Å². The first-order valence-corrected chi connectivity index (χ1v) is 9.93. The van der Waals surface area contributed by atoms with Crippen molar-refractivity contribution in [1.29, 1.82) is 0 Å². The standard InChI is InChI=1S/C24H20N2OS/c1-16-13-17(2)15-20(14-16)23(27)26-24-25-21(18-9-5-3-6-10-18)22(28-24)19-11-7-4-8-12-19/h3-15H,1-2H3,(H,25,26,27). The molecule has 4 heteroatoms. The number of rotatable bonds is 4. The van der Waals surface area contributed by atoms with Gasteiger partial charge in [-0.05, 0) is 31.5 Å². The number of nitrogens with zero attached hydrogens (tertiary/aromatic N) is 1. The fourth-order valence-corrected chi connectivity index (χ4v) is 4.21. The van der Waals surface area contributed by atoms with Gasteiger partial charge in [-0.15, -0.1) is 0 Å². The molecule has 0 saturated heterocycles. The van der Waals surface area contributed by atoms with Gasteiger partial charge in [-0.3, -0.25) is 10.1 Å². The second kappa shape index (κ2) is 7.79. The van der Waals surface area contributed by atoms with Crippen molar-refractivity contribution in [2.24, 2.45) is 0 Å². The Morgan fingerprint density at radius 2 is 1.39 bits per heavy atom. The minimum absolute atomic E-state index is 0.139. The van der Waals surface area contributed by atoms with Gasteiger partial charge in [-0.2, -0.15) is 0 Å². The molecule has 4 rings (SSSR count). The van der Waals surface area contributed by atoms with Gasteiger partial charge in [0, 0.05) is 11.1 Å². The Kier molecular flexibility index (Phi) is 5.04. The monoisotopic (exact) mass is 384 g/mol. The van der Waals surface area contributed by atoms with Crippen LogP contribution in [0.1, 0.15) is 21.5 Å². The van der Waals surface area contributed by atoms with Gasteiger partial charge in [-0.25, -0.2) is 4.98 Å². The van der Waals surface area contributed by atoms with Gasteiger partial charge in [0.05, 0.1) is 10.6 Å². The maximum Gasteiger partial charge on any atom is 0.257 e. The minimum atomic E-state index is -0.139. The number of carbonyl (C=O) groups is 1. The first-order valence-electron chi connectivity index (χ1n) is 9.11. The second-order valence-corrected chi connectivity index (χ2v) is 7.76. The lowest BCUT2D eigenvalue weighted by molar-refractivity contribution is 0.102. The van der Waals surface area contributed by atoms with Crippen LogP contribution in [-0.4, -0.2) is 10.9 Å². The molecule has 0 aliphatic heterocycles. The van der Waals surface area contributed by atoms with E-state index in [-0.39, 0.29) is 5.91 Å². The molecule has 1 heterocycles. The lowest BCUT2D eigenvalue weighted by Crippen LogP contribution is -2.12. The van der Waals surface area contributed by atoms with Crippen LogP contribution in [0.4, 0.5) is 5.13 Å². The van der Waals surface area contributed by atoms with Crippen LogP contribution < -0.4 is 5.32 Å². The number of carbonyl (C=O) groups excluding carboxylic acids is 1. The second-order valence-electron chi connectivity index (χ2n) is 6.76. The molecule has 0 radical (unpaired) electrons. The van der Waals surface area contributed by atoms with Crippen LogP contribution >= 0.6 is 11.3 Å². The molecule has 0 saturated carbocycles. The van der Waals surface area contributed by atoms with E-state index < -0.39 is 0 Å². The van der Waals surface area contributed by atoms with Gasteiger partial charge in [0.25, 0.3) is 5.91 Å². The highest BCUT2D eigenvalue weighted by Gasteiger charge is 2.17. The zero-order valence-electron chi connectivity index (χ0n) is 15.8. The Labute approximate surface area is 168 Å². The lowest BCUT2D eigenvalue weighted by Gasteiger charge is -2.04. The molecule has 0 fully saturated rings. The molecular weight excluding hydrogens is 364 g/mol. The summed E-state index contributed by atoms with van der Waals surface area (Å²) in [6, 6.07) is 26.1. The summed E-state index contributed by atoms with van der Waals surface area (Å²) in [6.07, 6.45) is 0. The van der Waals surface area contributed by atoms with Crippen molar-refractivity contribution in [3.8, 4) is 21.7 Å².